The predicted octanol–water partition coefficient (Wildman–Crippen LogP) is 2.80. The van der Waals surface area contributed by atoms with E-state index >= 15 is 0 Å². The van der Waals surface area contributed by atoms with Crippen molar-refractivity contribution in [2.24, 2.45) is 17.8 Å². The van der Waals surface area contributed by atoms with E-state index in [-0.39, 0.29) is 0 Å². The van der Waals surface area contributed by atoms with Gasteiger partial charge in [-0.1, -0.05) is 13.0 Å². The topological polar surface area (TPSA) is 30.0 Å². The normalized spacial score (nSPS) is 30.1. The molecule has 2 fully saturated rings. The van der Waals surface area contributed by atoms with E-state index in [4.69, 9.17) is 0 Å². The summed E-state index contributed by atoms with van der Waals surface area (Å²) in [5, 5.41) is 0. The minimum atomic E-state index is 0.339. The predicted molar refractivity (Wildman–Crippen MR) is 66.6 cm³/mol. The number of ketones is 1. The highest BCUT2D eigenvalue weighted by atomic mass is 16.1. The van der Waals surface area contributed by atoms with E-state index < -0.39 is 0 Å². The van der Waals surface area contributed by atoms with Gasteiger partial charge in [-0.25, -0.2) is 0 Å². The van der Waals surface area contributed by atoms with Gasteiger partial charge in [-0.3, -0.25) is 9.78 Å². The van der Waals surface area contributed by atoms with Gasteiger partial charge < -0.3 is 0 Å². The Morgan fingerprint density at radius 1 is 1.29 bits per heavy atom. The summed E-state index contributed by atoms with van der Waals surface area (Å²) in [7, 11) is 0. The second-order valence-electron chi connectivity index (χ2n) is 5.58. The fourth-order valence-corrected chi connectivity index (χ4v) is 3.07. The maximum atomic E-state index is 12.1. The van der Waals surface area contributed by atoms with Crippen molar-refractivity contribution in [1.29, 1.82) is 0 Å². The molecule has 3 rings (SSSR count). The van der Waals surface area contributed by atoms with Crippen LogP contribution in [-0.4, -0.2) is 10.8 Å². The average molecular weight is 229 g/mol. The van der Waals surface area contributed by atoms with E-state index in [1.54, 1.807) is 0 Å². The number of aromatic nitrogens is 1. The summed E-state index contributed by atoms with van der Waals surface area (Å²) in [6, 6.07) is 4.09. The molecule has 0 radical (unpaired) electrons. The van der Waals surface area contributed by atoms with Crippen LogP contribution in [0.5, 0.6) is 0 Å². The minimum Gasteiger partial charge on any atom is -0.299 e. The maximum absolute atomic E-state index is 12.1. The first-order valence-electron chi connectivity index (χ1n) is 6.72. The van der Waals surface area contributed by atoms with Crippen LogP contribution in [0, 0.1) is 17.8 Å². The molecule has 1 aromatic heterocycles. The van der Waals surface area contributed by atoms with Gasteiger partial charge in [-0.15, -0.1) is 0 Å². The van der Waals surface area contributed by atoms with Gasteiger partial charge >= 0.3 is 0 Å². The molecule has 2 atom stereocenters. The van der Waals surface area contributed by atoms with Crippen molar-refractivity contribution in [1.82, 2.24) is 4.98 Å². The Balaban J connectivity index is 1.59. The van der Waals surface area contributed by atoms with Crippen LogP contribution in [0.25, 0.3) is 0 Å². The summed E-state index contributed by atoms with van der Waals surface area (Å²) in [5.74, 6) is 2.53. The molecule has 2 aliphatic carbocycles. The molecule has 1 aromatic rings. The fourth-order valence-electron chi connectivity index (χ4n) is 3.07. The number of hydrogen-bond donors (Lipinski definition) is 0. The lowest BCUT2D eigenvalue weighted by molar-refractivity contribution is -0.122. The molecule has 0 saturated heterocycles. The lowest BCUT2D eigenvalue weighted by Crippen LogP contribution is -2.15. The third-order valence-corrected chi connectivity index (χ3v) is 4.35. The quantitative estimate of drug-likeness (QED) is 0.794. The fraction of sp³-hybridized carbons (Fsp3) is 0.600. The van der Waals surface area contributed by atoms with Crippen molar-refractivity contribution in [3.8, 4) is 0 Å². The number of hydrogen-bond acceptors (Lipinski definition) is 2. The summed E-state index contributed by atoms with van der Waals surface area (Å²) < 4.78 is 0. The first-order valence-corrected chi connectivity index (χ1v) is 6.72. The molecule has 0 N–H and O–H groups in total. The number of Topliss-reactive ketones (excluding diaryl/α,β-unsaturated/α-hetero) is 1. The van der Waals surface area contributed by atoms with Crippen LogP contribution in [0.15, 0.2) is 18.3 Å². The van der Waals surface area contributed by atoms with Crippen molar-refractivity contribution in [2.75, 3.05) is 0 Å². The van der Waals surface area contributed by atoms with Gasteiger partial charge in [0.15, 0.2) is 0 Å². The molecule has 0 bridgehead atoms. The molecule has 90 valence electrons. The molecule has 1 heterocycles. The summed E-state index contributed by atoms with van der Waals surface area (Å²) in [6.45, 7) is 2.12. The smallest absolute Gasteiger partial charge is 0.141 e. The second-order valence-corrected chi connectivity index (χ2v) is 5.58. The van der Waals surface area contributed by atoms with E-state index in [1.807, 2.05) is 12.3 Å². The minimum absolute atomic E-state index is 0.339. The number of pyridine rings is 1. The molecule has 17 heavy (non-hydrogen) atoms. The zero-order valence-corrected chi connectivity index (χ0v) is 10.4. The Morgan fingerprint density at radius 2 is 2.06 bits per heavy atom. The number of carbonyl (C=O) groups is 1. The largest absolute Gasteiger partial charge is 0.299 e. The molecular formula is C15H19NO. The van der Waals surface area contributed by atoms with Gasteiger partial charge in [-0.2, -0.15) is 0 Å². The van der Waals surface area contributed by atoms with E-state index in [9.17, 15) is 4.79 Å². The van der Waals surface area contributed by atoms with E-state index in [0.29, 0.717) is 18.1 Å². The Morgan fingerprint density at radius 3 is 2.65 bits per heavy atom. The van der Waals surface area contributed by atoms with Crippen LogP contribution in [0.1, 0.15) is 37.4 Å². The molecule has 2 heteroatoms. The highest BCUT2D eigenvalue weighted by molar-refractivity contribution is 5.83. The molecule has 2 saturated carbocycles. The van der Waals surface area contributed by atoms with Crippen molar-refractivity contribution < 1.29 is 4.79 Å². The van der Waals surface area contributed by atoms with E-state index in [0.717, 1.165) is 36.8 Å². The van der Waals surface area contributed by atoms with Crippen molar-refractivity contribution in [2.45, 2.75) is 39.0 Å². The molecule has 0 aromatic carbocycles. The molecular weight excluding hydrogens is 210 g/mol. The van der Waals surface area contributed by atoms with Gasteiger partial charge in [0.1, 0.15) is 5.78 Å². The van der Waals surface area contributed by atoms with Crippen LogP contribution in [0.2, 0.25) is 0 Å². The Hall–Kier alpha value is -1.18. The van der Waals surface area contributed by atoms with Crippen LogP contribution in [0.4, 0.5) is 0 Å². The number of rotatable bonds is 4. The Bertz CT molecular complexity index is 413. The lowest BCUT2D eigenvalue weighted by atomic mass is 9.95. The van der Waals surface area contributed by atoms with E-state index in [1.165, 1.54) is 12.0 Å². The molecule has 2 aliphatic rings. The first kappa shape index (κ1) is 10.9. The number of carbonyl (C=O) groups excluding carboxylic acids is 1. The molecule has 0 spiro atoms. The van der Waals surface area contributed by atoms with Crippen LogP contribution >= 0.6 is 0 Å². The maximum Gasteiger partial charge on any atom is 0.141 e. The standard InChI is InChI=1S/C15H19NO/c1-2-10-3-4-14(16-9-10)8-15(17)13-6-11-5-12(11)7-13/h3-4,9,11-13H,2,5-8H2,1H3. The summed E-state index contributed by atoms with van der Waals surface area (Å²) >= 11 is 0. The van der Waals surface area contributed by atoms with Gasteiger partial charge in [0, 0.05) is 24.2 Å². The van der Waals surface area contributed by atoms with E-state index in [2.05, 4.69) is 18.0 Å². The number of aryl methyl sites for hydroxylation is 1. The third-order valence-electron chi connectivity index (χ3n) is 4.35. The van der Waals surface area contributed by atoms with Crippen LogP contribution < -0.4 is 0 Å². The van der Waals surface area contributed by atoms with Crippen LogP contribution in [-0.2, 0) is 17.6 Å². The molecule has 0 aliphatic heterocycles. The SMILES string of the molecule is CCc1ccc(CC(=O)C2CC3CC3C2)nc1. The Labute approximate surface area is 102 Å². The second kappa shape index (κ2) is 4.25. The number of nitrogens with zero attached hydrogens (tertiary/aromatic N) is 1. The van der Waals surface area contributed by atoms with Gasteiger partial charge in [-0.05, 0) is 49.1 Å². The summed E-state index contributed by atoms with van der Waals surface area (Å²) in [4.78, 5) is 16.5. The van der Waals surface area contributed by atoms with Gasteiger partial charge in [0.05, 0.1) is 0 Å². The first-order chi connectivity index (χ1) is 8.26. The summed E-state index contributed by atoms with van der Waals surface area (Å²) in [5.41, 5.74) is 2.18. The van der Waals surface area contributed by atoms with Crippen molar-refractivity contribution in [3.05, 3.63) is 29.6 Å². The molecule has 0 amide bonds. The summed E-state index contributed by atoms with van der Waals surface area (Å²) in [6.07, 6.45) is 7.12. The monoisotopic (exact) mass is 229 g/mol. The molecule has 2 unspecified atom stereocenters. The van der Waals surface area contributed by atoms with Gasteiger partial charge in [0.2, 0.25) is 0 Å². The zero-order chi connectivity index (χ0) is 11.8. The van der Waals surface area contributed by atoms with Crippen molar-refractivity contribution >= 4 is 5.78 Å². The molecule has 2 nitrogen and oxygen atoms in total. The zero-order valence-electron chi connectivity index (χ0n) is 10.4. The average Bonchev–Trinajstić information content (AvgIpc) is 2.97. The Kier molecular flexibility index (Phi) is 2.73. The lowest BCUT2D eigenvalue weighted by Gasteiger charge is -2.10. The van der Waals surface area contributed by atoms with Crippen molar-refractivity contribution in [3.63, 3.8) is 0 Å². The van der Waals surface area contributed by atoms with Crippen LogP contribution in [0.3, 0.4) is 0 Å². The van der Waals surface area contributed by atoms with Gasteiger partial charge in [0.25, 0.3) is 0 Å². The number of fused-ring (bicyclic) bond motifs is 1. The third kappa shape index (κ3) is 2.26. The highest BCUT2D eigenvalue weighted by Crippen LogP contribution is 2.54. The highest BCUT2D eigenvalue weighted by Gasteiger charge is 2.47.